The minimum Gasteiger partial charge on any atom is -0.321 e. The van der Waals surface area contributed by atoms with E-state index in [9.17, 15) is 4.79 Å². The number of aromatic nitrogens is 2. The minimum atomic E-state index is -0.172. The first kappa shape index (κ1) is 19.3. The van der Waals surface area contributed by atoms with Crippen molar-refractivity contribution in [3.8, 4) is 21.7 Å². The Morgan fingerprint density at radius 3 is 2.55 bits per heavy atom. The lowest BCUT2D eigenvalue weighted by atomic mass is 10.0. The van der Waals surface area contributed by atoms with Gasteiger partial charge in [-0.3, -0.25) is 9.78 Å². The molecular formula is C23H18ClN3OS. The SMILES string of the molecule is Cc1ccc(NC(=O)c2sc(-c3cccnc3)nc2C)c(-c2ccc(Cl)cc2)c1. The van der Waals surface area contributed by atoms with E-state index in [1.165, 1.54) is 11.3 Å². The highest BCUT2D eigenvalue weighted by Gasteiger charge is 2.18. The lowest BCUT2D eigenvalue weighted by Gasteiger charge is -2.12. The van der Waals surface area contributed by atoms with Crippen LogP contribution in [0, 0.1) is 13.8 Å². The van der Waals surface area contributed by atoms with E-state index in [1.807, 2.05) is 62.4 Å². The fourth-order valence-electron chi connectivity index (χ4n) is 3.03. The molecule has 0 aliphatic rings. The highest BCUT2D eigenvalue weighted by Crippen LogP contribution is 2.32. The molecule has 144 valence electrons. The number of thiazole rings is 1. The number of nitrogens with one attached hydrogen (secondary N) is 1. The van der Waals surface area contributed by atoms with Gasteiger partial charge in [0.25, 0.3) is 5.91 Å². The Balaban J connectivity index is 1.66. The van der Waals surface area contributed by atoms with E-state index < -0.39 is 0 Å². The average Bonchev–Trinajstić information content (AvgIpc) is 3.12. The first-order valence-corrected chi connectivity index (χ1v) is 10.3. The van der Waals surface area contributed by atoms with E-state index in [2.05, 4.69) is 21.4 Å². The van der Waals surface area contributed by atoms with E-state index in [0.29, 0.717) is 15.6 Å². The van der Waals surface area contributed by atoms with E-state index in [4.69, 9.17) is 11.6 Å². The molecule has 0 saturated carbocycles. The third kappa shape index (κ3) is 4.21. The summed E-state index contributed by atoms with van der Waals surface area (Å²) in [6.07, 6.45) is 3.46. The van der Waals surface area contributed by atoms with E-state index in [-0.39, 0.29) is 5.91 Å². The summed E-state index contributed by atoms with van der Waals surface area (Å²) in [5, 5.41) is 4.51. The number of hydrogen-bond acceptors (Lipinski definition) is 4. The molecule has 4 nitrogen and oxygen atoms in total. The molecule has 0 aliphatic carbocycles. The second-order valence-corrected chi connectivity index (χ2v) is 8.12. The largest absolute Gasteiger partial charge is 0.321 e. The van der Waals surface area contributed by atoms with Gasteiger partial charge in [-0.25, -0.2) is 4.98 Å². The third-order valence-corrected chi connectivity index (χ3v) is 5.95. The number of halogens is 1. The van der Waals surface area contributed by atoms with Crippen molar-refractivity contribution in [3.63, 3.8) is 0 Å². The van der Waals surface area contributed by atoms with Gasteiger partial charge in [0.05, 0.1) is 5.69 Å². The summed E-state index contributed by atoms with van der Waals surface area (Å²) in [7, 11) is 0. The zero-order valence-electron chi connectivity index (χ0n) is 15.9. The molecule has 2 aromatic heterocycles. The van der Waals surface area contributed by atoms with Gasteiger partial charge in [0.15, 0.2) is 0 Å². The van der Waals surface area contributed by atoms with Crippen molar-refractivity contribution in [2.45, 2.75) is 13.8 Å². The maximum atomic E-state index is 13.0. The Morgan fingerprint density at radius 1 is 1.03 bits per heavy atom. The summed E-state index contributed by atoms with van der Waals surface area (Å²) in [5.41, 5.74) is 5.40. The van der Waals surface area contributed by atoms with E-state index >= 15 is 0 Å². The topological polar surface area (TPSA) is 54.9 Å². The highest BCUT2D eigenvalue weighted by molar-refractivity contribution is 7.17. The van der Waals surface area contributed by atoms with Crippen LogP contribution in [0.25, 0.3) is 21.7 Å². The van der Waals surface area contributed by atoms with Crippen LogP contribution >= 0.6 is 22.9 Å². The Labute approximate surface area is 178 Å². The molecule has 4 rings (SSSR count). The number of hydrogen-bond donors (Lipinski definition) is 1. The number of aryl methyl sites for hydroxylation is 2. The van der Waals surface area contributed by atoms with Crippen LogP contribution in [-0.4, -0.2) is 15.9 Å². The van der Waals surface area contributed by atoms with Crippen molar-refractivity contribution in [1.82, 2.24) is 9.97 Å². The van der Waals surface area contributed by atoms with Gasteiger partial charge < -0.3 is 5.32 Å². The van der Waals surface area contributed by atoms with Crippen molar-refractivity contribution < 1.29 is 4.79 Å². The summed E-state index contributed by atoms with van der Waals surface area (Å²) in [6.45, 7) is 3.87. The van der Waals surface area contributed by atoms with Crippen LogP contribution in [0.5, 0.6) is 0 Å². The van der Waals surface area contributed by atoms with Crippen LogP contribution in [0.15, 0.2) is 67.0 Å². The quantitative estimate of drug-likeness (QED) is 0.416. The molecule has 4 aromatic rings. The molecule has 1 N–H and O–H groups in total. The second-order valence-electron chi connectivity index (χ2n) is 6.69. The molecule has 0 spiro atoms. The summed E-state index contributed by atoms with van der Waals surface area (Å²) in [4.78, 5) is 22.3. The fraction of sp³-hybridized carbons (Fsp3) is 0.0870. The summed E-state index contributed by atoms with van der Waals surface area (Å²) in [6, 6.07) is 17.3. The lowest BCUT2D eigenvalue weighted by Crippen LogP contribution is -2.12. The number of benzene rings is 2. The highest BCUT2D eigenvalue weighted by atomic mass is 35.5. The zero-order valence-corrected chi connectivity index (χ0v) is 17.5. The van der Waals surface area contributed by atoms with Crippen molar-refractivity contribution in [1.29, 1.82) is 0 Å². The Bertz CT molecular complexity index is 1170. The molecule has 0 radical (unpaired) electrons. The first-order valence-electron chi connectivity index (χ1n) is 9.07. The molecule has 0 bridgehead atoms. The monoisotopic (exact) mass is 419 g/mol. The number of nitrogens with zero attached hydrogens (tertiary/aromatic N) is 2. The maximum absolute atomic E-state index is 13.0. The standard InChI is InChI=1S/C23H18ClN3OS/c1-14-5-10-20(19(12-14)16-6-8-18(24)9-7-16)27-22(28)21-15(2)26-23(29-21)17-4-3-11-25-13-17/h3-13H,1-2H3,(H,27,28). The molecular weight excluding hydrogens is 402 g/mol. The maximum Gasteiger partial charge on any atom is 0.267 e. The Morgan fingerprint density at radius 2 is 1.83 bits per heavy atom. The molecule has 0 unspecified atom stereocenters. The lowest BCUT2D eigenvalue weighted by molar-refractivity contribution is 0.103. The first-order chi connectivity index (χ1) is 14.0. The molecule has 2 aromatic carbocycles. The molecule has 29 heavy (non-hydrogen) atoms. The van der Waals surface area contributed by atoms with Crippen LogP contribution in [0.3, 0.4) is 0 Å². The van der Waals surface area contributed by atoms with Crippen LogP contribution in [0.1, 0.15) is 20.9 Å². The zero-order chi connectivity index (χ0) is 20.4. The number of rotatable bonds is 4. The minimum absolute atomic E-state index is 0.172. The Kier molecular flexibility index (Phi) is 5.43. The van der Waals surface area contributed by atoms with Gasteiger partial charge in [-0.1, -0.05) is 35.4 Å². The molecule has 1 amide bonds. The van der Waals surface area contributed by atoms with Crippen LogP contribution in [0.2, 0.25) is 5.02 Å². The van der Waals surface area contributed by atoms with Crippen molar-refractivity contribution in [3.05, 3.63) is 88.1 Å². The number of carbonyl (C=O) groups is 1. The molecule has 0 saturated heterocycles. The fourth-order valence-corrected chi connectivity index (χ4v) is 4.11. The van der Waals surface area contributed by atoms with E-state index in [1.54, 1.807) is 12.4 Å². The number of pyridine rings is 1. The van der Waals surface area contributed by atoms with Crippen LogP contribution in [0.4, 0.5) is 5.69 Å². The van der Waals surface area contributed by atoms with Gasteiger partial charge in [0.1, 0.15) is 9.88 Å². The normalized spacial score (nSPS) is 10.7. The van der Waals surface area contributed by atoms with Crippen molar-refractivity contribution in [2.75, 3.05) is 5.32 Å². The van der Waals surface area contributed by atoms with Crippen LogP contribution < -0.4 is 5.32 Å². The second kappa shape index (κ2) is 8.15. The number of anilines is 1. The predicted molar refractivity (Wildman–Crippen MR) is 120 cm³/mol. The molecule has 2 heterocycles. The van der Waals surface area contributed by atoms with Gasteiger partial charge in [0, 0.05) is 34.2 Å². The van der Waals surface area contributed by atoms with E-state index in [0.717, 1.165) is 32.9 Å². The smallest absolute Gasteiger partial charge is 0.267 e. The van der Waals surface area contributed by atoms with Crippen molar-refractivity contribution in [2.24, 2.45) is 0 Å². The number of carbonyl (C=O) groups excluding carboxylic acids is 1. The van der Waals surface area contributed by atoms with Gasteiger partial charge in [-0.2, -0.15) is 0 Å². The predicted octanol–water partition coefficient (Wildman–Crippen LogP) is 6.39. The van der Waals surface area contributed by atoms with Crippen molar-refractivity contribution >= 4 is 34.5 Å². The molecule has 0 aliphatic heterocycles. The van der Waals surface area contributed by atoms with Crippen LogP contribution in [-0.2, 0) is 0 Å². The third-order valence-electron chi connectivity index (χ3n) is 4.49. The average molecular weight is 420 g/mol. The van der Waals surface area contributed by atoms with Gasteiger partial charge >= 0.3 is 0 Å². The Hall–Kier alpha value is -3.02. The summed E-state index contributed by atoms with van der Waals surface area (Å²) < 4.78 is 0. The molecule has 0 atom stereocenters. The van der Waals surface area contributed by atoms with Gasteiger partial charge in [-0.05, 0) is 55.8 Å². The van der Waals surface area contributed by atoms with Gasteiger partial charge in [-0.15, -0.1) is 11.3 Å². The number of amides is 1. The summed E-state index contributed by atoms with van der Waals surface area (Å²) >= 11 is 7.39. The summed E-state index contributed by atoms with van der Waals surface area (Å²) in [5.74, 6) is -0.172. The molecule has 6 heteroatoms. The molecule has 0 fully saturated rings. The van der Waals surface area contributed by atoms with Gasteiger partial charge in [0.2, 0.25) is 0 Å².